The van der Waals surface area contributed by atoms with Crippen LogP contribution in [0.25, 0.3) is 0 Å². The van der Waals surface area contributed by atoms with Crippen molar-refractivity contribution in [1.29, 1.82) is 0 Å². The first-order chi connectivity index (χ1) is 10.8. The summed E-state index contributed by atoms with van der Waals surface area (Å²) in [5.74, 6) is 0.839. The number of aromatic nitrogens is 2. The van der Waals surface area contributed by atoms with Crippen molar-refractivity contribution in [3.05, 3.63) is 48.0 Å². The first kappa shape index (κ1) is 15.3. The van der Waals surface area contributed by atoms with Gasteiger partial charge in [0.05, 0.1) is 6.04 Å². The lowest BCUT2D eigenvalue weighted by atomic mass is 10.1. The summed E-state index contributed by atoms with van der Waals surface area (Å²) in [6.45, 7) is 3.40. The summed E-state index contributed by atoms with van der Waals surface area (Å²) in [7, 11) is 0. The van der Waals surface area contributed by atoms with Crippen molar-refractivity contribution in [2.45, 2.75) is 23.9 Å². The van der Waals surface area contributed by atoms with Gasteiger partial charge in [0, 0.05) is 6.54 Å². The molecule has 0 bridgehead atoms. The molecule has 22 heavy (non-hydrogen) atoms. The van der Waals surface area contributed by atoms with E-state index in [9.17, 15) is 0 Å². The minimum absolute atomic E-state index is 0.244. The van der Waals surface area contributed by atoms with Gasteiger partial charge in [-0.05, 0) is 49.9 Å². The number of nitrogens with one attached hydrogen (secondary N) is 1. The van der Waals surface area contributed by atoms with Crippen LogP contribution in [-0.2, 0) is 0 Å². The van der Waals surface area contributed by atoms with Crippen molar-refractivity contribution >= 4 is 17.6 Å². The number of thioether (sulfide) groups is 1. The molecule has 1 aliphatic heterocycles. The van der Waals surface area contributed by atoms with E-state index in [0.29, 0.717) is 0 Å². The second-order valence-corrected chi connectivity index (χ2v) is 6.40. The SMILES string of the molecule is CSc1ccc(NC(CN2CCCC2)c2ccccc2)nn1. The van der Waals surface area contributed by atoms with Crippen LogP contribution in [-0.4, -0.2) is 41.0 Å². The Hall–Kier alpha value is -1.59. The fraction of sp³-hybridized carbons (Fsp3) is 0.412. The third-order valence-electron chi connectivity index (χ3n) is 4.01. The Balaban J connectivity index is 1.74. The number of anilines is 1. The number of nitrogens with zero attached hydrogens (tertiary/aromatic N) is 3. The number of hydrogen-bond acceptors (Lipinski definition) is 5. The number of likely N-dealkylation sites (tertiary alicyclic amines) is 1. The highest BCUT2D eigenvalue weighted by Crippen LogP contribution is 2.22. The number of rotatable bonds is 6. The minimum Gasteiger partial charge on any atom is -0.360 e. The standard InChI is InChI=1S/C17H22N4S/c1-22-17-10-9-16(19-20-17)18-15(13-21-11-5-6-12-21)14-7-3-2-4-8-14/h2-4,7-10,15H,5-6,11-13H2,1H3,(H,18,19). The second-order valence-electron chi connectivity index (χ2n) is 5.58. The third-order valence-corrected chi connectivity index (χ3v) is 4.65. The van der Waals surface area contributed by atoms with Crippen molar-refractivity contribution in [2.75, 3.05) is 31.2 Å². The maximum atomic E-state index is 4.29. The maximum absolute atomic E-state index is 4.29. The topological polar surface area (TPSA) is 41.0 Å². The maximum Gasteiger partial charge on any atom is 0.149 e. The predicted octanol–water partition coefficient (Wildman–Crippen LogP) is 3.45. The molecule has 0 amide bonds. The number of benzene rings is 1. The monoisotopic (exact) mass is 314 g/mol. The highest BCUT2D eigenvalue weighted by Gasteiger charge is 2.19. The largest absolute Gasteiger partial charge is 0.360 e. The third kappa shape index (κ3) is 3.99. The van der Waals surface area contributed by atoms with Gasteiger partial charge in [0.25, 0.3) is 0 Å². The highest BCUT2D eigenvalue weighted by molar-refractivity contribution is 7.98. The molecule has 1 aromatic carbocycles. The van der Waals surface area contributed by atoms with Gasteiger partial charge in [-0.1, -0.05) is 30.3 Å². The zero-order valence-corrected chi connectivity index (χ0v) is 13.7. The van der Waals surface area contributed by atoms with Gasteiger partial charge in [0.2, 0.25) is 0 Å². The Labute approximate surface area is 136 Å². The Morgan fingerprint density at radius 1 is 1.09 bits per heavy atom. The molecule has 0 radical (unpaired) electrons. The van der Waals surface area contributed by atoms with E-state index in [4.69, 9.17) is 0 Å². The van der Waals surface area contributed by atoms with Gasteiger partial charge in [-0.25, -0.2) is 0 Å². The zero-order valence-electron chi connectivity index (χ0n) is 12.9. The first-order valence-electron chi connectivity index (χ1n) is 7.77. The van der Waals surface area contributed by atoms with Crippen LogP contribution >= 0.6 is 11.8 Å². The smallest absolute Gasteiger partial charge is 0.149 e. The van der Waals surface area contributed by atoms with Gasteiger partial charge in [-0.3, -0.25) is 0 Å². The van der Waals surface area contributed by atoms with Crippen molar-refractivity contribution < 1.29 is 0 Å². The van der Waals surface area contributed by atoms with Crippen molar-refractivity contribution in [1.82, 2.24) is 15.1 Å². The van der Waals surface area contributed by atoms with Crippen molar-refractivity contribution in [3.63, 3.8) is 0 Å². The second kappa shape index (κ2) is 7.61. The fourth-order valence-electron chi connectivity index (χ4n) is 2.83. The van der Waals surface area contributed by atoms with Gasteiger partial charge >= 0.3 is 0 Å². The Morgan fingerprint density at radius 2 is 1.86 bits per heavy atom. The summed E-state index contributed by atoms with van der Waals surface area (Å²) < 4.78 is 0. The molecule has 0 aliphatic carbocycles. The van der Waals surface area contributed by atoms with Gasteiger partial charge in [-0.2, -0.15) is 0 Å². The molecule has 1 atom stereocenters. The van der Waals surface area contributed by atoms with Crippen LogP contribution in [0.5, 0.6) is 0 Å². The minimum atomic E-state index is 0.244. The van der Waals surface area contributed by atoms with Crippen LogP contribution in [0.2, 0.25) is 0 Å². The van der Waals surface area contributed by atoms with Crippen molar-refractivity contribution in [2.24, 2.45) is 0 Å². The van der Waals surface area contributed by atoms with Crippen LogP contribution in [0.4, 0.5) is 5.82 Å². The van der Waals surface area contributed by atoms with E-state index < -0.39 is 0 Å². The predicted molar refractivity (Wildman–Crippen MR) is 92.3 cm³/mol. The van der Waals surface area contributed by atoms with E-state index in [1.54, 1.807) is 11.8 Å². The zero-order chi connectivity index (χ0) is 15.2. The summed E-state index contributed by atoms with van der Waals surface area (Å²) in [6, 6.07) is 14.9. The molecule has 1 saturated heterocycles. The average molecular weight is 314 g/mol. The lowest BCUT2D eigenvalue weighted by Crippen LogP contribution is -2.29. The molecule has 0 spiro atoms. The van der Waals surface area contributed by atoms with E-state index in [2.05, 4.69) is 50.7 Å². The Kier molecular flexibility index (Phi) is 5.29. The molecule has 0 saturated carbocycles. The van der Waals surface area contributed by atoms with Gasteiger partial charge in [0.15, 0.2) is 0 Å². The molecular formula is C17H22N4S. The molecule has 3 rings (SSSR count). The van der Waals surface area contributed by atoms with E-state index in [0.717, 1.165) is 17.4 Å². The molecule has 4 nitrogen and oxygen atoms in total. The molecule has 5 heteroatoms. The van der Waals surface area contributed by atoms with Gasteiger partial charge in [-0.15, -0.1) is 22.0 Å². The summed E-state index contributed by atoms with van der Waals surface area (Å²) in [4.78, 5) is 2.52. The quantitative estimate of drug-likeness (QED) is 0.827. The molecule has 1 fully saturated rings. The normalized spacial score (nSPS) is 16.6. The van der Waals surface area contributed by atoms with Crippen molar-refractivity contribution in [3.8, 4) is 0 Å². The van der Waals surface area contributed by atoms with E-state index in [1.807, 2.05) is 18.4 Å². The molecular weight excluding hydrogens is 292 g/mol. The average Bonchev–Trinajstić information content (AvgIpc) is 3.09. The summed E-state index contributed by atoms with van der Waals surface area (Å²) >= 11 is 1.61. The van der Waals surface area contributed by atoms with Crippen LogP contribution < -0.4 is 5.32 Å². The summed E-state index contributed by atoms with van der Waals surface area (Å²) in [5, 5.41) is 13.0. The van der Waals surface area contributed by atoms with Crippen LogP contribution in [0, 0.1) is 0 Å². The van der Waals surface area contributed by atoms with E-state index in [1.165, 1.54) is 31.5 Å². The molecule has 116 valence electrons. The molecule has 1 aromatic heterocycles. The highest BCUT2D eigenvalue weighted by atomic mass is 32.2. The van der Waals surface area contributed by atoms with Gasteiger partial charge < -0.3 is 10.2 Å². The van der Waals surface area contributed by atoms with Crippen LogP contribution in [0.1, 0.15) is 24.4 Å². The molecule has 2 heterocycles. The van der Waals surface area contributed by atoms with Crippen LogP contribution in [0.15, 0.2) is 47.5 Å². The van der Waals surface area contributed by atoms with Gasteiger partial charge in [0.1, 0.15) is 10.8 Å². The summed E-state index contributed by atoms with van der Waals surface area (Å²) in [6.07, 6.45) is 4.63. The first-order valence-corrected chi connectivity index (χ1v) is 8.99. The lowest BCUT2D eigenvalue weighted by molar-refractivity contribution is 0.323. The molecule has 1 N–H and O–H groups in total. The van der Waals surface area contributed by atoms with E-state index >= 15 is 0 Å². The lowest BCUT2D eigenvalue weighted by Gasteiger charge is -2.25. The van der Waals surface area contributed by atoms with Crippen LogP contribution in [0.3, 0.4) is 0 Å². The Morgan fingerprint density at radius 3 is 2.50 bits per heavy atom. The summed E-state index contributed by atoms with van der Waals surface area (Å²) in [5.41, 5.74) is 1.30. The number of hydrogen-bond donors (Lipinski definition) is 1. The Bertz CT molecular complexity index is 567. The van der Waals surface area contributed by atoms with E-state index in [-0.39, 0.29) is 6.04 Å². The molecule has 1 aliphatic rings. The fourth-order valence-corrected chi connectivity index (χ4v) is 3.15. The molecule has 1 unspecified atom stereocenters. The molecule has 2 aromatic rings.